The van der Waals surface area contributed by atoms with E-state index in [1.165, 1.54) is 0 Å². The fourth-order valence-corrected chi connectivity index (χ4v) is 1.36. The molecule has 1 heterocycles. The van der Waals surface area contributed by atoms with Crippen LogP contribution in [0.4, 0.5) is 23.7 Å². The minimum Gasteiger partial charge on any atom is -0.359 e. The molecule has 1 rings (SSSR count). The van der Waals surface area contributed by atoms with Crippen LogP contribution in [0.15, 0.2) is 4.52 Å². The average molecular weight is 279 g/mol. The number of urea groups is 1. The maximum absolute atomic E-state index is 12.3. The summed E-state index contributed by atoms with van der Waals surface area (Å²) in [5.74, 6) is 0.379. The number of nitrogens with zero attached hydrogens (tertiary/aromatic N) is 1. The van der Waals surface area contributed by atoms with Crippen molar-refractivity contribution >= 4 is 11.7 Å². The first-order chi connectivity index (χ1) is 8.62. The Morgan fingerprint density at radius 2 is 1.89 bits per heavy atom. The molecule has 0 fully saturated rings. The lowest BCUT2D eigenvalue weighted by atomic mass is 10.1. The van der Waals surface area contributed by atoms with E-state index in [1.54, 1.807) is 12.2 Å². The molecule has 0 bridgehead atoms. The van der Waals surface area contributed by atoms with Gasteiger partial charge in [-0.25, -0.2) is 4.79 Å². The molecule has 2 amide bonds. The highest BCUT2D eigenvalue weighted by Gasteiger charge is 2.37. The summed E-state index contributed by atoms with van der Waals surface area (Å²) in [6.07, 6.45) is -4.48. The largest absolute Gasteiger partial charge is 0.408 e. The molecule has 1 aromatic heterocycles. The van der Waals surface area contributed by atoms with Crippen LogP contribution in [0.25, 0.3) is 0 Å². The van der Waals surface area contributed by atoms with Crippen LogP contribution >= 0.6 is 0 Å². The number of amides is 2. The lowest BCUT2D eigenvalue weighted by Gasteiger charge is -2.17. The molecule has 8 heteroatoms. The van der Waals surface area contributed by atoms with Crippen molar-refractivity contribution < 1.29 is 22.5 Å². The summed E-state index contributed by atoms with van der Waals surface area (Å²) in [6.45, 7) is 6.10. The minimum absolute atomic E-state index is 0.0449. The van der Waals surface area contributed by atoms with Crippen molar-refractivity contribution in [3.8, 4) is 0 Å². The van der Waals surface area contributed by atoms with E-state index < -0.39 is 18.2 Å². The van der Waals surface area contributed by atoms with Gasteiger partial charge in [0.05, 0.1) is 0 Å². The number of carbonyl (C=O) groups excluding carboxylic acids is 1. The molecule has 0 aliphatic heterocycles. The van der Waals surface area contributed by atoms with Crippen molar-refractivity contribution in [2.75, 3.05) is 5.32 Å². The van der Waals surface area contributed by atoms with Crippen molar-refractivity contribution in [1.29, 1.82) is 0 Å². The smallest absolute Gasteiger partial charge is 0.359 e. The maximum Gasteiger partial charge on any atom is 0.408 e. The zero-order valence-electron chi connectivity index (χ0n) is 11.1. The number of anilines is 1. The van der Waals surface area contributed by atoms with Gasteiger partial charge in [0.25, 0.3) is 0 Å². The summed E-state index contributed by atoms with van der Waals surface area (Å²) in [7, 11) is 0. The SMILES string of the molecule is Cc1noc(C(C)C)c1NC(=O)NC(C)C(F)(F)F. The van der Waals surface area contributed by atoms with Crippen LogP contribution in [0.5, 0.6) is 0 Å². The molecule has 0 saturated carbocycles. The third-order valence-corrected chi connectivity index (χ3v) is 2.49. The molecule has 0 saturated heterocycles. The van der Waals surface area contributed by atoms with Gasteiger partial charge in [0, 0.05) is 5.92 Å². The van der Waals surface area contributed by atoms with Crippen LogP contribution in [0.1, 0.15) is 38.1 Å². The van der Waals surface area contributed by atoms with Crippen LogP contribution < -0.4 is 10.6 Å². The van der Waals surface area contributed by atoms with Gasteiger partial charge in [-0.15, -0.1) is 0 Å². The van der Waals surface area contributed by atoms with Gasteiger partial charge in [-0.1, -0.05) is 19.0 Å². The zero-order chi connectivity index (χ0) is 14.8. The molecule has 0 aromatic carbocycles. The van der Waals surface area contributed by atoms with Gasteiger partial charge in [0.15, 0.2) is 5.76 Å². The Bertz CT molecular complexity index is 455. The number of aryl methyl sites for hydroxylation is 1. The van der Waals surface area contributed by atoms with E-state index >= 15 is 0 Å². The number of halogens is 3. The van der Waals surface area contributed by atoms with Gasteiger partial charge in [-0.2, -0.15) is 13.2 Å². The van der Waals surface area contributed by atoms with Gasteiger partial charge in [-0.05, 0) is 13.8 Å². The van der Waals surface area contributed by atoms with Gasteiger partial charge in [0.2, 0.25) is 0 Å². The summed E-state index contributed by atoms with van der Waals surface area (Å²) in [4.78, 5) is 11.5. The molecular formula is C11H16F3N3O2. The third kappa shape index (κ3) is 3.87. The highest BCUT2D eigenvalue weighted by atomic mass is 19.4. The number of rotatable bonds is 3. The molecule has 1 atom stereocenters. The second-order valence-electron chi connectivity index (χ2n) is 4.52. The molecule has 108 valence electrons. The van der Waals surface area contributed by atoms with E-state index in [2.05, 4.69) is 10.5 Å². The highest BCUT2D eigenvalue weighted by Crippen LogP contribution is 2.27. The second-order valence-corrected chi connectivity index (χ2v) is 4.52. The minimum atomic E-state index is -4.48. The Labute approximate surface area is 108 Å². The van der Waals surface area contributed by atoms with Crippen molar-refractivity contribution in [3.63, 3.8) is 0 Å². The van der Waals surface area contributed by atoms with Gasteiger partial charge >= 0.3 is 12.2 Å². The number of hydrogen-bond donors (Lipinski definition) is 2. The van der Waals surface area contributed by atoms with Gasteiger partial charge < -0.3 is 15.2 Å². The quantitative estimate of drug-likeness (QED) is 0.893. The normalized spacial score (nSPS) is 13.5. The Hall–Kier alpha value is -1.73. The molecule has 0 radical (unpaired) electrons. The topological polar surface area (TPSA) is 67.2 Å². The van der Waals surface area contributed by atoms with Crippen LogP contribution in [0, 0.1) is 6.92 Å². The molecule has 1 aromatic rings. The third-order valence-electron chi connectivity index (χ3n) is 2.49. The number of nitrogens with one attached hydrogen (secondary N) is 2. The Balaban J connectivity index is 2.75. The number of aromatic nitrogens is 1. The summed E-state index contributed by atoms with van der Waals surface area (Å²) in [5.41, 5.74) is 0.723. The first-order valence-corrected chi connectivity index (χ1v) is 5.73. The molecule has 1 unspecified atom stereocenters. The lowest BCUT2D eigenvalue weighted by molar-refractivity contribution is -0.148. The summed E-state index contributed by atoms with van der Waals surface area (Å²) in [5, 5.41) is 7.82. The van der Waals surface area contributed by atoms with Crippen molar-refractivity contribution in [3.05, 3.63) is 11.5 Å². The van der Waals surface area contributed by atoms with Crippen LogP contribution in [-0.2, 0) is 0 Å². The predicted molar refractivity (Wildman–Crippen MR) is 63.0 cm³/mol. The zero-order valence-corrected chi connectivity index (χ0v) is 11.1. The molecule has 0 aliphatic carbocycles. The van der Waals surface area contributed by atoms with E-state index in [4.69, 9.17) is 4.52 Å². The average Bonchev–Trinajstić information content (AvgIpc) is 2.59. The Morgan fingerprint density at radius 1 is 1.32 bits per heavy atom. The summed E-state index contributed by atoms with van der Waals surface area (Å²) >= 11 is 0. The Morgan fingerprint density at radius 3 is 2.37 bits per heavy atom. The lowest BCUT2D eigenvalue weighted by Crippen LogP contribution is -2.45. The highest BCUT2D eigenvalue weighted by molar-refractivity contribution is 5.90. The van der Waals surface area contributed by atoms with Crippen LogP contribution in [-0.4, -0.2) is 23.4 Å². The van der Waals surface area contributed by atoms with Crippen molar-refractivity contribution in [2.24, 2.45) is 0 Å². The molecule has 19 heavy (non-hydrogen) atoms. The van der Waals surface area contributed by atoms with Crippen LogP contribution in [0.3, 0.4) is 0 Å². The first-order valence-electron chi connectivity index (χ1n) is 5.73. The van der Waals surface area contributed by atoms with E-state index in [9.17, 15) is 18.0 Å². The fourth-order valence-electron chi connectivity index (χ4n) is 1.36. The first kappa shape index (κ1) is 15.3. The molecular weight excluding hydrogens is 263 g/mol. The monoisotopic (exact) mass is 279 g/mol. The van der Waals surface area contributed by atoms with E-state index in [-0.39, 0.29) is 5.92 Å². The van der Waals surface area contributed by atoms with Crippen molar-refractivity contribution in [1.82, 2.24) is 10.5 Å². The predicted octanol–water partition coefficient (Wildman–Crippen LogP) is 3.18. The number of carbonyl (C=O) groups is 1. The van der Waals surface area contributed by atoms with Gasteiger partial charge in [0.1, 0.15) is 17.4 Å². The van der Waals surface area contributed by atoms with E-state index in [0.29, 0.717) is 17.1 Å². The van der Waals surface area contributed by atoms with E-state index in [1.807, 2.05) is 13.8 Å². The second kappa shape index (κ2) is 5.50. The molecule has 0 aliphatic rings. The van der Waals surface area contributed by atoms with E-state index in [0.717, 1.165) is 6.92 Å². The summed E-state index contributed by atoms with van der Waals surface area (Å²) < 4.78 is 41.9. The van der Waals surface area contributed by atoms with Gasteiger partial charge in [-0.3, -0.25) is 0 Å². The standard InChI is InChI=1S/C11H16F3N3O2/c1-5(2)9-8(6(3)17-19-9)16-10(18)15-7(4)11(12,13)14/h5,7H,1-4H3,(H2,15,16,18). The molecule has 5 nitrogen and oxygen atoms in total. The Kier molecular flexibility index (Phi) is 4.43. The molecule has 2 N–H and O–H groups in total. The molecule has 0 spiro atoms. The maximum atomic E-state index is 12.3. The number of alkyl halides is 3. The summed E-state index contributed by atoms with van der Waals surface area (Å²) in [6, 6.07) is -2.88. The fraction of sp³-hybridized carbons (Fsp3) is 0.636. The van der Waals surface area contributed by atoms with Crippen molar-refractivity contribution in [2.45, 2.75) is 45.8 Å². The van der Waals surface area contributed by atoms with Crippen LogP contribution in [0.2, 0.25) is 0 Å². The number of hydrogen-bond acceptors (Lipinski definition) is 3.